The molecule has 0 aliphatic carbocycles. The van der Waals surface area contributed by atoms with Crippen LogP contribution in [0.3, 0.4) is 0 Å². The zero-order chi connectivity index (χ0) is 29.7. The summed E-state index contributed by atoms with van der Waals surface area (Å²) in [6.45, 7) is 2.40. The average Bonchev–Trinajstić information content (AvgIpc) is 3.26. The van der Waals surface area contributed by atoms with E-state index in [0.717, 1.165) is 49.0 Å². The Kier molecular flexibility index (Phi) is 11.2. The SMILES string of the molecule is CCOC(=O)c1ccc(C/C=C/CCCCCCCOC(=O)[C@H](c2ccccc2)N2C(=O)c3ccccc3C2=O)cc1. The molecule has 0 bridgehead atoms. The molecule has 0 unspecified atom stereocenters. The standard InChI is InChI=1S/C35H37NO6/c1-2-41-34(39)28-23-21-26(22-24-28)16-10-7-5-3-4-6-8-15-25-42-35(40)31(27-17-11-9-12-18-27)36-32(37)29-19-13-14-20-30(29)33(36)38/h7,9-14,17-24,31H,2-6,8,15-16,25H2,1H3/b10-7+/t31-/m0/s1. The van der Waals surface area contributed by atoms with E-state index < -0.39 is 23.8 Å². The first-order valence-corrected chi connectivity index (χ1v) is 14.6. The maximum absolute atomic E-state index is 13.2. The summed E-state index contributed by atoms with van der Waals surface area (Å²) < 4.78 is 10.6. The molecule has 0 radical (unpaired) electrons. The van der Waals surface area contributed by atoms with Crippen LogP contribution in [0.4, 0.5) is 0 Å². The lowest BCUT2D eigenvalue weighted by molar-refractivity contribution is -0.148. The highest BCUT2D eigenvalue weighted by Crippen LogP contribution is 2.32. The first kappa shape index (κ1) is 30.4. The van der Waals surface area contributed by atoms with E-state index in [0.29, 0.717) is 35.3 Å². The molecule has 7 heteroatoms. The summed E-state index contributed by atoms with van der Waals surface area (Å²) in [4.78, 5) is 52.1. The van der Waals surface area contributed by atoms with E-state index in [1.54, 1.807) is 67.6 Å². The molecular formula is C35H37NO6. The van der Waals surface area contributed by atoms with E-state index in [4.69, 9.17) is 9.47 Å². The smallest absolute Gasteiger partial charge is 0.338 e. The Hall–Kier alpha value is -4.52. The molecule has 3 aromatic carbocycles. The first-order chi connectivity index (χ1) is 20.5. The second kappa shape index (κ2) is 15.5. The number of rotatable bonds is 15. The summed E-state index contributed by atoms with van der Waals surface area (Å²) in [5.41, 5.74) is 2.86. The van der Waals surface area contributed by atoms with Gasteiger partial charge in [0.25, 0.3) is 11.8 Å². The number of carbonyl (C=O) groups excluding carboxylic acids is 4. The number of unbranched alkanes of at least 4 members (excludes halogenated alkanes) is 5. The van der Waals surface area contributed by atoms with E-state index in [1.807, 2.05) is 18.2 Å². The highest BCUT2D eigenvalue weighted by Gasteiger charge is 2.44. The van der Waals surface area contributed by atoms with Crippen molar-refractivity contribution < 1.29 is 28.7 Å². The van der Waals surface area contributed by atoms with Gasteiger partial charge in [-0.25, -0.2) is 9.59 Å². The van der Waals surface area contributed by atoms with Gasteiger partial charge in [-0.3, -0.25) is 14.5 Å². The fourth-order valence-electron chi connectivity index (χ4n) is 4.94. The van der Waals surface area contributed by atoms with Crippen LogP contribution in [0.5, 0.6) is 0 Å². The van der Waals surface area contributed by atoms with Gasteiger partial charge < -0.3 is 9.47 Å². The molecular weight excluding hydrogens is 530 g/mol. The summed E-state index contributed by atoms with van der Waals surface area (Å²) in [6.07, 6.45) is 11.0. The fourth-order valence-corrected chi connectivity index (χ4v) is 4.94. The maximum Gasteiger partial charge on any atom is 0.338 e. The molecule has 0 saturated carbocycles. The average molecular weight is 568 g/mol. The van der Waals surface area contributed by atoms with Crippen molar-refractivity contribution in [3.05, 3.63) is 119 Å². The number of hydrogen-bond acceptors (Lipinski definition) is 6. The molecule has 1 heterocycles. The zero-order valence-corrected chi connectivity index (χ0v) is 24.0. The van der Waals surface area contributed by atoms with Crippen molar-refractivity contribution in [3.8, 4) is 0 Å². The Bertz CT molecular complexity index is 1360. The van der Waals surface area contributed by atoms with Gasteiger partial charge >= 0.3 is 11.9 Å². The number of allylic oxidation sites excluding steroid dienone is 2. The molecule has 1 aliphatic rings. The van der Waals surface area contributed by atoms with Crippen molar-refractivity contribution in [3.63, 3.8) is 0 Å². The predicted molar refractivity (Wildman–Crippen MR) is 160 cm³/mol. The lowest BCUT2D eigenvalue weighted by atomic mass is 10.1. The molecule has 1 atom stereocenters. The normalized spacial score (nSPS) is 13.3. The third-order valence-corrected chi connectivity index (χ3v) is 7.17. The van der Waals surface area contributed by atoms with E-state index >= 15 is 0 Å². The molecule has 0 aromatic heterocycles. The number of carbonyl (C=O) groups is 4. The molecule has 7 nitrogen and oxygen atoms in total. The van der Waals surface area contributed by atoms with Crippen LogP contribution in [-0.2, 0) is 20.7 Å². The monoisotopic (exact) mass is 567 g/mol. The Morgan fingerprint density at radius 1 is 0.738 bits per heavy atom. The summed E-state index contributed by atoms with van der Waals surface area (Å²) in [5, 5.41) is 0. The van der Waals surface area contributed by atoms with Crippen LogP contribution in [0.25, 0.3) is 0 Å². The summed E-state index contributed by atoms with van der Waals surface area (Å²) in [5.74, 6) is -1.86. The van der Waals surface area contributed by atoms with Gasteiger partial charge in [0.1, 0.15) is 0 Å². The number of imide groups is 1. The third-order valence-electron chi connectivity index (χ3n) is 7.17. The topological polar surface area (TPSA) is 90.0 Å². The summed E-state index contributed by atoms with van der Waals surface area (Å²) >= 11 is 0. The van der Waals surface area contributed by atoms with Gasteiger partial charge in [0.2, 0.25) is 0 Å². The van der Waals surface area contributed by atoms with Gasteiger partial charge in [0.15, 0.2) is 6.04 Å². The van der Waals surface area contributed by atoms with E-state index in [1.165, 1.54) is 0 Å². The van der Waals surface area contributed by atoms with Crippen LogP contribution < -0.4 is 0 Å². The Morgan fingerprint density at radius 2 is 1.36 bits per heavy atom. The predicted octanol–water partition coefficient (Wildman–Crippen LogP) is 6.88. The molecule has 3 aromatic rings. The van der Waals surface area contributed by atoms with Gasteiger partial charge in [0.05, 0.1) is 29.9 Å². The third kappa shape index (κ3) is 7.81. The number of hydrogen-bond donors (Lipinski definition) is 0. The number of amides is 2. The van der Waals surface area contributed by atoms with Gasteiger partial charge in [0, 0.05) is 0 Å². The minimum absolute atomic E-state index is 0.236. The number of benzene rings is 3. The maximum atomic E-state index is 13.2. The number of ether oxygens (including phenoxy) is 2. The van der Waals surface area contributed by atoms with Gasteiger partial charge in [-0.15, -0.1) is 0 Å². The highest BCUT2D eigenvalue weighted by molar-refractivity contribution is 6.22. The Morgan fingerprint density at radius 3 is 2.02 bits per heavy atom. The van der Waals surface area contributed by atoms with E-state index in [9.17, 15) is 19.2 Å². The molecule has 0 fully saturated rings. The number of esters is 2. The van der Waals surface area contributed by atoms with E-state index in [-0.39, 0.29) is 12.6 Å². The molecule has 1 aliphatic heterocycles. The molecule has 0 spiro atoms. The lowest BCUT2D eigenvalue weighted by Crippen LogP contribution is -2.39. The molecule has 2 amide bonds. The van der Waals surface area contributed by atoms with Crippen LogP contribution >= 0.6 is 0 Å². The minimum atomic E-state index is -1.12. The number of fused-ring (bicyclic) bond motifs is 1. The second-order valence-corrected chi connectivity index (χ2v) is 10.2. The lowest BCUT2D eigenvalue weighted by Gasteiger charge is -2.25. The molecule has 0 saturated heterocycles. The Balaban J connectivity index is 1.15. The zero-order valence-electron chi connectivity index (χ0n) is 24.0. The minimum Gasteiger partial charge on any atom is -0.464 e. The largest absolute Gasteiger partial charge is 0.464 e. The second-order valence-electron chi connectivity index (χ2n) is 10.2. The van der Waals surface area contributed by atoms with Crippen LogP contribution in [0.2, 0.25) is 0 Å². The summed E-state index contributed by atoms with van der Waals surface area (Å²) in [7, 11) is 0. The molecule has 0 N–H and O–H groups in total. The van der Waals surface area contributed by atoms with Crippen molar-refractivity contribution in [2.75, 3.05) is 13.2 Å². The quantitative estimate of drug-likeness (QED) is 0.0860. The van der Waals surface area contributed by atoms with E-state index in [2.05, 4.69) is 12.2 Å². The summed E-state index contributed by atoms with van der Waals surface area (Å²) in [6, 6.07) is 21.8. The first-order valence-electron chi connectivity index (χ1n) is 14.6. The van der Waals surface area contributed by atoms with Crippen LogP contribution in [0.15, 0.2) is 91.0 Å². The Labute approximate surface area is 247 Å². The van der Waals surface area contributed by atoms with Gasteiger partial charge in [-0.05, 0) is 68.0 Å². The van der Waals surface area contributed by atoms with Crippen LogP contribution in [-0.4, -0.2) is 41.9 Å². The van der Waals surface area contributed by atoms with Gasteiger partial charge in [-0.1, -0.05) is 86.0 Å². The van der Waals surface area contributed by atoms with Crippen LogP contribution in [0, 0.1) is 0 Å². The van der Waals surface area contributed by atoms with Crippen molar-refractivity contribution in [1.82, 2.24) is 4.90 Å². The van der Waals surface area contributed by atoms with Gasteiger partial charge in [-0.2, -0.15) is 0 Å². The van der Waals surface area contributed by atoms with Crippen molar-refractivity contribution in [1.29, 1.82) is 0 Å². The van der Waals surface area contributed by atoms with Crippen LogP contribution in [0.1, 0.15) is 93.7 Å². The molecule has 4 rings (SSSR count). The van der Waals surface area contributed by atoms with Crippen molar-refractivity contribution in [2.24, 2.45) is 0 Å². The van der Waals surface area contributed by atoms with Crippen molar-refractivity contribution >= 4 is 23.8 Å². The molecule has 218 valence electrons. The molecule has 42 heavy (non-hydrogen) atoms. The fraction of sp³-hybridized carbons (Fsp3) is 0.314. The van der Waals surface area contributed by atoms with Crippen molar-refractivity contribution in [2.45, 2.75) is 57.9 Å². The highest BCUT2D eigenvalue weighted by atomic mass is 16.5. The number of nitrogens with zero attached hydrogens (tertiary/aromatic N) is 1.